The van der Waals surface area contributed by atoms with Crippen LogP contribution in [0.4, 0.5) is 0 Å². The first kappa shape index (κ1) is 11.9. The number of hydrogen-bond donors (Lipinski definition) is 1. The third-order valence-corrected chi connectivity index (χ3v) is 4.94. The molecule has 3 nitrogen and oxygen atoms in total. The van der Waals surface area contributed by atoms with E-state index in [4.69, 9.17) is 9.47 Å². The van der Waals surface area contributed by atoms with E-state index in [1.807, 2.05) is 0 Å². The van der Waals surface area contributed by atoms with Gasteiger partial charge in [-0.2, -0.15) is 0 Å². The Hall–Kier alpha value is -0.120. The van der Waals surface area contributed by atoms with Crippen LogP contribution in [0.3, 0.4) is 0 Å². The molecule has 0 radical (unpaired) electrons. The van der Waals surface area contributed by atoms with Crippen LogP contribution in [-0.2, 0) is 9.47 Å². The van der Waals surface area contributed by atoms with Crippen LogP contribution in [-0.4, -0.2) is 38.0 Å². The van der Waals surface area contributed by atoms with Gasteiger partial charge >= 0.3 is 0 Å². The highest BCUT2D eigenvalue weighted by Crippen LogP contribution is 2.52. The van der Waals surface area contributed by atoms with E-state index < -0.39 is 0 Å². The van der Waals surface area contributed by atoms with Gasteiger partial charge in [-0.25, -0.2) is 0 Å². The first-order valence-corrected chi connectivity index (χ1v) is 7.16. The molecule has 1 aliphatic carbocycles. The maximum Gasteiger partial charge on any atom is 0.0699 e. The van der Waals surface area contributed by atoms with Crippen LogP contribution in [0.2, 0.25) is 0 Å². The van der Waals surface area contributed by atoms with Gasteiger partial charge in [0.1, 0.15) is 0 Å². The molecule has 98 valence electrons. The molecule has 3 rings (SSSR count). The van der Waals surface area contributed by atoms with Crippen molar-refractivity contribution in [2.75, 3.05) is 19.8 Å². The van der Waals surface area contributed by atoms with E-state index in [9.17, 15) is 0 Å². The van der Waals surface area contributed by atoms with E-state index in [0.717, 1.165) is 25.7 Å². The van der Waals surface area contributed by atoms with Gasteiger partial charge in [-0.15, -0.1) is 0 Å². The van der Waals surface area contributed by atoms with Crippen molar-refractivity contribution in [3.8, 4) is 0 Å². The van der Waals surface area contributed by atoms with E-state index in [1.54, 1.807) is 0 Å². The van der Waals surface area contributed by atoms with Crippen molar-refractivity contribution in [1.29, 1.82) is 0 Å². The quantitative estimate of drug-likeness (QED) is 0.816. The lowest BCUT2D eigenvalue weighted by Crippen LogP contribution is -2.66. The van der Waals surface area contributed by atoms with E-state index in [-0.39, 0.29) is 0 Å². The lowest BCUT2D eigenvalue weighted by atomic mass is 9.57. The zero-order valence-corrected chi connectivity index (χ0v) is 11.1. The highest BCUT2D eigenvalue weighted by Gasteiger charge is 2.58. The van der Waals surface area contributed by atoms with Gasteiger partial charge in [0, 0.05) is 37.1 Å². The van der Waals surface area contributed by atoms with E-state index >= 15 is 0 Å². The highest BCUT2D eigenvalue weighted by atomic mass is 16.5. The van der Waals surface area contributed by atoms with E-state index in [0.29, 0.717) is 23.7 Å². The molecule has 0 aromatic carbocycles. The third-order valence-electron chi connectivity index (χ3n) is 4.94. The van der Waals surface area contributed by atoms with Crippen LogP contribution in [0.25, 0.3) is 0 Å². The van der Waals surface area contributed by atoms with Gasteiger partial charge in [0.05, 0.1) is 12.2 Å². The summed E-state index contributed by atoms with van der Waals surface area (Å²) in [5.41, 5.74) is 0.301. The fourth-order valence-electron chi connectivity index (χ4n) is 3.97. The maximum atomic E-state index is 5.82. The lowest BCUT2D eigenvalue weighted by Gasteiger charge is -2.55. The van der Waals surface area contributed by atoms with Crippen molar-refractivity contribution in [3.63, 3.8) is 0 Å². The summed E-state index contributed by atoms with van der Waals surface area (Å²) < 4.78 is 11.6. The highest BCUT2D eigenvalue weighted by molar-refractivity contribution is 5.11. The van der Waals surface area contributed by atoms with Crippen LogP contribution in [0, 0.1) is 11.3 Å². The predicted molar refractivity (Wildman–Crippen MR) is 67.0 cm³/mol. The summed E-state index contributed by atoms with van der Waals surface area (Å²) in [6.07, 6.45) is 5.97. The molecule has 17 heavy (non-hydrogen) atoms. The molecule has 0 aromatic heterocycles. The average molecular weight is 239 g/mol. The Balaban J connectivity index is 1.51. The summed E-state index contributed by atoms with van der Waals surface area (Å²) in [6.45, 7) is 7.60. The minimum Gasteiger partial charge on any atom is -0.377 e. The minimum absolute atomic E-state index is 0.301. The number of hydrogen-bond acceptors (Lipinski definition) is 3. The molecule has 3 aliphatic rings. The Morgan fingerprint density at radius 1 is 1.12 bits per heavy atom. The summed E-state index contributed by atoms with van der Waals surface area (Å²) in [5.74, 6) is 0.744. The normalized spacial score (nSPS) is 44.1. The molecule has 2 heterocycles. The van der Waals surface area contributed by atoms with Crippen LogP contribution < -0.4 is 5.32 Å². The zero-order chi connectivity index (χ0) is 11.9. The van der Waals surface area contributed by atoms with Crippen molar-refractivity contribution in [1.82, 2.24) is 5.32 Å². The first-order valence-electron chi connectivity index (χ1n) is 7.16. The first-order chi connectivity index (χ1) is 8.19. The number of nitrogens with one attached hydrogen (secondary N) is 1. The molecular weight excluding hydrogens is 214 g/mol. The Morgan fingerprint density at radius 2 is 2.00 bits per heavy atom. The summed E-state index contributed by atoms with van der Waals surface area (Å²) in [5, 5.41) is 3.75. The fraction of sp³-hybridized carbons (Fsp3) is 1.00. The fourth-order valence-corrected chi connectivity index (χ4v) is 3.97. The second-order valence-corrected chi connectivity index (χ2v) is 6.44. The molecule has 3 heteroatoms. The molecule has 0 amide bonds. The van der Waals surface area contributed by atoms with Crippen molar-refractivity contribution in [2.24, 2.45) is 11.3 Å². The standard InChI is InChI=1S/C14H25NO2/c1-14(2)12(11-6-8-17-13(11)14)15-9-10-5-3-4-7-16-10/h10-13,15H,3-9H2,1-2H3. The topological polar surface area (TPSA) is 30.5 Å². The van der Waals surface area contributed by atoms with Gasteiger partial charge in [0.2, 0.25) is 0 Å². The van der Waals surface area contributed by atoms with Crippen molar-refractivity contribution in [3.05, 3.63) is 0 Å². The smallest absolute Gasteiger partial charge is 0.0699 e. The summed E-state index contributed by atoms with van der Waals surface area (Å²) in [6, 6.07) is 0.625. The molecule has 0 bridgehead atoms. The number of fused-ring (bicyclic) bond motifs is 1. The molecule has 1 N–H and O–H groups in total. The molecule has 2 saturated heterocycles. The molecule has 2 aliphatic heterocycles. The minimum atomic E-state index is 0.301. The number of ether oxygens (including phenoxy) is 2. The Morgan fingerprint density at radius 3 is 2.76 bits per heavy atom. The average Bonchev–Trinajstić information content (AvgIpc) is 2.77. The molecule has 0 aromatic rings. The van der Waals surface area contributed by atoms with Gasteiger partial charge < -0.3 is 14.8 Å². The largest absolute Gasteiger partial charge is 0.377 e. The van der Waals surface area contributed by atoms with Crippen molar-refractivity contribution >= 4 is 0 Å². The summed E-state index contributed by atoms with van der Waals surface area (Å²) in [4.78, 5) is 0. The molecule has 4 atom stereocenters. The van der Waals surface area contributed by atoms with Gasteiger partial charge in [-0.05, 0) is 25.7 Å². The van der Waals surface area contributed by atoms with Crippen LogP contribution in [0.15, 0.2) is 0 Å². The van der Waals surface area contributed by atoms with Crippen LogP contribution in [0.1, 0.15) is 39.5 Å². The van der Waals surface area contributed by atoms with E-state index in [1.165, 1.54) is 25.7 Å². The van der Waals surface area contributed by atoms with Crippen LogP contribution >= 0.6 is 0 Å². The summed E-state index contributed by atoms with van der Waals surface area (Å²) >= 11 is 0. The Bertz CT molecular complexity index is 273. The second kappa shape index (κ2) is 4.52. The van der Waals surface area contributed by atoms with Crippen LogP contribution in [0.5, 0.6) is 0 Å². The summed E-state index contributed by atoms with van der Waals surface area (Å²) in [7, 11) is 0. The van der Waals surface area contributed by atoms with Gasteiger partial charge in [-0.1, -0.05) is 13.8 Å². The molecule has 1 saturated carbocycles. The predicted octanol–water partition coefficient (Wildman–Crippen LogP) is 1.96. The second-order valence-electron chi connectivity index (χ2n) is 6.44. The molecule has 0 spiro atoms. The Kier molecular flexibility index (Phi) is 3.18. The Labute approximate surface area is 104 Å². The maximum absolute atomic E-state index is 5.82. The van der Waals surface area contributed by atoms with Crippen molar-refractivity contribution < 1.29 is 9.47 Å². The molecule has 4 unspecified atom stereocenters. The van der Waals surface area contributed by atoms with Gasteiger partial charge in [0.25, 0.3) is 0 Å². The van der Waals surface area contributed by atoms with Crippen molar-refractivity contribution in [2.45, 2.75) is 57.8 Å². The lowest BCUT2D eigenvalue weighted by molar-refractivity contribution is -0.116. The van der Waals surface area contributed by atoms with Gasteiger partial charge in [0.15, 0.2) is 0 Å². The van der Waals surface area contributed by atoms with E-state index in [2.05, 4.69) is 19.2 Å². The third kappa shape index (κ3) is 2.02. The number of rotatable bonds is 3. The zero-order valence-electron chi connectivity index (χ0n) is 11.1. The van der Waals surface area contributed by atoms with Gasteiger partial charge in [-0.3, -0.25) is 0 Å². The molecule has 3 fully saturated rings. The monoisotopic (exact) mass is 239 g/mol. The molecular formula is C14H25NO2. The SMILES string of the molecule is CC1(C)C(NCC2CCCCO2)C2CCOC21.